The Balaban J connectivity index is 1.63. The Morgan fingerprint density at radius 1 is 1.10 bits per heavy atom. The van der Waals surface area contributed by atoms with E-state index in [-0.39, 0.29) is 11.4 Å². The van der Waals surface area contributed by atoms with Crippen molar-refractivity contribution < 1.29 is 18.7 Å². The lowest BCUT2D eigenvalue weighted by atomic mass is 10.2. The minimum atomic E-state index is -0.452. The average molecular weight is 437 g/mol. The predicted octanol–water partition coefficient (Wildman–Crippen LogP) is 2.94. The molecule has 0 radical (unpaired) electrons. The van der Waals surface area contributed by atoms with E-state index in [1.54, 1.807) is 48.6 Å². The van der Waals surface area contributed by atoms with E-state index in [1.807, 2.05) is 0 Å². The summed E-state index contributed by atoms with van der Waals surface area (Å²) in [5.74, 6) is 0.299. The Morgan fingerprint density at radius 2 is 1.84 bits per heavy atom. The maximum Gasteiger partial charge on any atom is 0.308 e. The Morgan fingerprint density at radius 3 is 2.52 bits per heavy atom. The highest BCUT2D eigenvalue weighted by atomic mass is 32.1. The fraction of sp³-hybridized carbons (Fsp3) is 0.0909. The number of ether oxygens (including phenoxy) is 2. The van der Waals surface area contributed by atoms with Gasteiger partial charge in [0, 0.05) is 6.92 Å². The normalized spacial score (nSPS) is 12.0. The van der Waals surface area contributed by atoms with E-state index in [2.05, 4.69) is 10.1 Å². The van der Waals surface area contributed by atoms with Crippen LogP contribution in [0.2, 0.25) is 0 Å². The molecule has 2 aromatic heterocycles. The van der Waals surface area contributed by atoms with Gasteiger partial charge in [-0.05, 0) is 47.5 Å². The molecule has 0 aliphatic carbocycles. The third kappa shape index (κ3) is 4.51. The monoisotopic (exact) mass is 437 g/mol. The number of nitrogens with zero attached hydrogens (tertiary/aromatic N) is 3. The second-order valence-corrected chi connectivity index (χ2v) is 7.48. The van der Waals surface area contributed by atoms with Crippen LogP contribution >= 0.6 is 11.3 Å². The largest absolute Gasteiger partial charge is 0.493 e. The quantitative estimate of drug-likeness (QED) is 0.353. The van der Waals surface area contributed by atoms with Crippen molar-refractivity contribution >= 4 is 40.5 Å². The smallest absolute Gasteiger partial charge is 0.308 e. The number of rotatable bonds is 5. The number of halogens is 1. The molecule has 0 saturated carbocycles. The van der Waals surface area contributed by atoms with Crippen LogP contribution in [0.1, 0.15) is 23.9 Å². The van der Waals surface area contributed by atoms with E-state index in [4.69, 9.17) is 9.47 Å². The fourth-order valence-electron chi connectivity index (χ4n) is 2.83. The SMILES string of the molecule is COc1cc(/C=c2/sc3nc(/C=C/c4ccc(F)cc4)nn3c2=O)ccc1OC(C)=O. The van der Waals surface area contributed by atoms with Gasteiger partial charge in [0.2, 0.25) is 4.96 Å². The van der Waals surface area contributed by atoms with Gasteiger partial charge in [0.1, 0.15) is 5.82 Å². The summed E-state index contributed by atoms with van der Waals surface area (Å²) in [6, 6.07) is 11.0. The first-order valence-corrected chi connectivity index (χ1v) is 9.96. The Kier molecular flexibility index (Phi) is 5.59. The summed E-state index contributed by atoms with van der Waals surface area (Å²) in [5, 5.41) is 4.23. The van der Waals surface area contributed by atoms with Crippen LogP contribution < -0.4 is 19.6 Å². The molecule has 2 heterocycles. The topological polar surface area (TPSA) is 82.8 Å². The van der Waals surface area contributed by atoms with Crippen LogP contribution in [0, 0.1) is 5.82 Å². The highest BCUT2D eigenvalue weighted by molar-refractivity contribution is 7.15. The van der Waals surface area contributed by atoms with Crippen LogP contribution in [0.25, 0.3) is 23.2 Å². The Bertz CT molecular complexity index is 1410. The first kappa shape index (κ1) is 20.4. The van der Waals surface area contributed by atoms with Gasteiger partial charge in [0.05, 0.1) is 11.6 Å². The number of aromatic nitrogens is 3. The highest BCUT2D eigenvalue weighted by Gasteiger charge is 2.11. The maximum atomic E-state index is 13.0. The van der Waals surface area contributed by atoms with Gasteiger partial charge >= 0.3 is 5.97 Å². The first-order valence-electron chi connectivity index (χ1n) is 9.14. The zero-order valence-corrected chi connectivity index (χ0v) is 17.4. The van der Waals surface area contributed by atoms with Crippen molar-refractivity contribution in [3.05, 3.63) is 80.1 Å². The summed E-state index contributed by atoms with van der Waals surface area (Å²) in [7, 11) is 1.47. The number of carbonyl (C=O) groups is 1. The molecule has 9 heteroatoms. The molecular weight excluding hydrogens is 421 g/mol. The fourth-order valence-corrected chi connectivity index (χ4v) is 3.74. The molecule has 0 unspecified atom stereocenters. The standard InChI is InChI=1S/C22H16FN3O4S/c1-13(27)30-17-9-5-15(11-18(17)29-2)12-19-21(28)26-22(31-19)24-20(25-26)10-6-14-3-7-16(23)8-4-14/h3-12H,1-2H3/b10-6+,19-12+. The number of esters is 1. The molecule has 0 amide bonds. The van der Waals surface area contributed by atoms with Crippen LogP contribution in [0.5, 0.6) is 11.5 Å². The van der Waals surface area contributed by atoms with Gasteiger partial charge < -0.3 is 9.47 Å². The van der Waals surface area contributed by atoms with Gasteiger partial charge in [-0.25, -0.2) is 4.39 Å². The summed E-state index contributed by atoms with van der Waals surface area (Å²) >= 11 is 1.20. The number of benzene rings is 2. The lowest BCUT2D eigenvalue weighted by Crippen LogP contribution is -2.23. The molecule has 156 valence electrons. The molecule has 31 heavy (non-hydrogen) atoms. The lowest BCUT2D eigenvalue weighted by Gasteiger charge is -2.08. The van der Waals surface area contributed by atoms with E-state index in [1.165, 1.54) is 42.0 Å². The van der Waals surface area contributed by atoms with Crippen molar-refractivity contribution in [1.29, 1.82) is 0 Å². The number of methoxy groups -OCH3 is 1. The van der Waals surface area contributed by atoms with Gasteiger partial charge in [-0.15, -0.1) is 5.10 Å². The molecule has 0 N–H and O–H groups in total. The molecule has 0 spiro atoms. The number of carbonyl (C=O) groups excluding carboxylic acids is 1. The third-order valence-corrected chi connectivity index (χ3v) is 5.19. The van der Waals surface area contributed by atoms with Gasteiger partial charge in [-0.3, -0.25) is 9.59 Å². The third-order valence-electron chi connectivity index (χ3n) is 4.23. The summed E-state index contributed by atoms with van der Waals surface area (Å²) in [4.78, 5) is 28.7. The number of thiazole rings is 1. The molecule has 4 aromatic rings. The van der Waals surface area contributed by atoms with Gasteiger partial charge in [0.25, 0.3) is 5.56 Å². The summed E-state index contributed by atoms with van der Waals surface area (Å²) in [6.45, 7) is 1.31. The second kappa shape index (κ2) is 8.49. The molecule has 0 aliphatic heterocycles. The lowest BCUT2D eigenvalue weighted by molar-refractivity contribution is -0.132. The van der Waals surface area contributed by atoms with Crippen molar-refractivity contribution in [2.75, 3.05) is 7.11 Å². The molecule has 0 aliphatic rings. The minimum absolute atomic E-state index is 0.294. The molecule has 7 nitrogen and oxygen atoms in total. The van der Waals surface area contributed by atoms with E-state index in [9.17, 15) is 14.0 Å². The Labute approximate surface area is 179 Å². The minimum Gasteiger partial charge on any atom is -0.493 e. The van der Waals surface area contributed by atoms with Crippen LogP contribution in [-0.4, -0.2) is 27.7 Å². The van der Waals surface area contributed by atoms with Gasteiger partial charge in [0.15, 0.2) is 17.3 Å². The van der Waals surface area contributed by atoms with E-state index >= 15 is 0 Å². The summed E-state index contributed by atoms with van der Waals surface area (Å²) in [6.07, 6.45) is 5.10. The van der Waals surface area contributed by atoms with Crippen LogP contribution in [0.15, 0.2) is 47.3 Å². The van der Waals surface area contributed by atoms with Crippen molar-refractivity contribution in [1.82, 2.24) is 14.6 Å². The van der Waals surface area contributed by atoms with Crippen LogP contribution in [0.3, 0.4) is 0 Å². The van der Waals surface area contributed by atoms with Crippen molar-refractivity contribution in [3.8, 4) is 11.5 Å². The molecule has 0 fully saturated rings. The molecular formula is C22H16FN3O4S. The van der Waals surface area contributed by atoms with E-state index in [0.717, 1.165) is 5.56 Å². The number of fused-ring (bicyclic) bond motifs is 1. The first-order chi connectivity index (χ1) is 14.9. The highest BCUT2D eigenvalue weighted by Crippen LogP contribution is 2.28. The van der Waals surface area contributed by atoms with Crippen LogP contribution in [0.4, 0.5) is 4.39 Å². The maximum absolute atomic E-state index is 13.0. The molecule has 2 aromatic carbocycles. The van der Waals surface area contributed by atoms with E-state index in [0.29, 0.717) is 32.4 Å². The van der Waals surface area contributed by atoms with Crippen LogP contribution in [-0.2, 0) is 4.79 Å². The van der Waals surface area contributed by atoms with Gasteiger partial charge in [-0.1, -0.05) is 35.6 Å². The molecule has 0 saturated heterocycles. The molecule has 0 atom stereocenters. The second-order valence-electron chi connectivity index (χ2n) is 6.47. The summed E-state index contributed by atoms with van der Waals surface area (Å²) < 4.78 is 25.0. The van der Waals surface area contributed by atoms with Crippen molar-refractivity contribution in [2.24, 2.45) is 0 Å². The zero-order chi connectivity index (χ0) is 22.0. The average Bonchev–Trinajstić information content (AvgIpc) is 3.27. The molecule has 0 bridgehead atoms. The predicted molar refractivity (Wildman–Crippen MR) is 116 cm³/mol. The van der Waals surface area contributed by atoms with Gasteiger partial charge in [-0.2, -0.15) is 9.50 Å². The molecule has 4 rings (SSSR count). The van der Waals surface area contributed by atoms with Crippen molar-refractivity contribution in [3.63, 3.8) is 0 Å². The van der Waals surface area contributed by atoms with Crippen molar-refractivity contribution in [2.45, 2.75) is 6.92 Å². The number of hydrogen-bond acceptors (Lipinski definition) is 7. The summed E-state index contributed by atoms with van der Waals surface area (Å²) in [5.41, 5.74) is 1.20. The number of hydrogen-bond donors (Lipinski definition) is 0. The Hall–Kier alpha value is -3.85. The zero-order valence-electron chi connectivity index (χ0n) is 16.5. The van der Waals surface area contributed by atoms with E-state index < -0.39 is 5.97 Å².